The molecule has 13 aromatic rings. The molecule has 0 bridgehead atoms. The van der Waals surface area contributed by atoms with E-state index in [1.165, 1.54) is 22.3 Å². The van der Waals surface area contributed by atoms with Gasteiger partial charge in [0.25, 0.3) is 0 Å². The maximum Gasteiger partial charge on any atom is 0.0702 e. The molecule has 0 spiro atoms. The van der Waals surface area contributed by atoms with Crippen molar-refractivity contribution in [3.8, 4) is 123 Å². The standard InChI is InChI=1S/C71H49N5/c1-4-18-50(19-5-1)53-20-16-21-54(40-53)51-34-36-52(37-35-51)55-22-17-23-56(41-55)71-39-38-57(45-72-71)65-28-10-11-29-66(65)58-42-59(67-30-12-14-32-69(67)61-46-73-75(48-61)63-24-6-2-7-25-63)44-60(43-58)68-31-13-15-33-70(68)62-47-74-76(49-62)64-26-8-3-9-27-64/h1-49H. The zero-order valence-electron chi connectivity index (χ0n) is 41.5. The fourth-order valence-electron chi connectivity index (χ4n) is 10.4. The number of nitrogens with zero attached hydrogens (tertiary/aromatic N) is 5. The smallest absolute Gasteiger partial charge is 0.0702 e. The van der Waals surface area contributed by atoms with Crippen LogP contribution in [-0.2, 0) is 0 Å². The van der Waals surface area contributed by atoms with E-state index in [0.29, 0.717) is 0 Å². The Morgan fingerprint density at radius 1 is 0.211 bits per heavy atom. The number of benzene rings is 10. The van der Waals surface area contributed by atoms with Gasteiger partial charge in [-0.1, -0.05) is 206 Å². The lowest BCUT2D eigenvalue weighted by Crippen LogP contribution is -1.93. The lowest BCUT2D eigenvalue weighted by molar-refractivity contribution is 0.881. The lowest BCUT2D eigenvalue weighted by atomic mass is 9.87. The summed E-state index contributed by atoms with van der Waals surface area (Å²) in [5.74, 6) is 0. The van der Waals surface area contributed by atoms with E-state index >= 15 is 0 Å². The molecule has 0 unspecified atom stereocenters. The average molecular weight is 972 g/mol. The molecule has 0 aliphatic heterocycles. The van der Waals surface area contributed by atoms with Gasteiger partial charge in [-0.25, -0.2) is 9.36 Å². The largest absolute Gasteiger partial charge is 0.256 e. The molecule has 0 saturated heterocycles. The first kappa shape index (κ1) is 45.6. The summed E-state index contributed by atoms with van der Waals surface area (Å²) in [6.07, 6.45) is 10.2. The number of rotatable bonds is 12. The summed E-state index contributed by atoms with van der Waals surface area (Å²) < 4.78 is 3.88. The van der Waals surface area contributed by atoms with E-state index in [2.05, 4.69) is 243 Å². The third kappa shape index (κ3) is 9.25. The second-order valence-corrected chi connectivity index (χ2v) is 19.0. The SMILES string of the molecule is c1ccc(-c2cccc(-c3ccc(-c4cccc(-c5ccc(-c6ccccc6-c6cc(-c7ccccc7-c7cnn(-c8ccccc8)c7)cc(-c7ccccc7-c7cnn(-c8ccccc8)c7)c6)cn5)c4)cc3)c2)cc1. The quantitative estimate of drug-likeness (QED) is 0.123. The van der Waals surface area contributed by atoms with Gasteiger partial charge in [0.1, 0.15) is 0 Å². The van der Waals surface area contributed by atoms with Crippen molar-refractivity contribution in [3.05, 3.63) is 298 Å². The van der Waals surface area contributed by atoms with Crippen LogP contribution in [0.3, 0.4) is 0 Å². The molecule has 13 rings (SSSR count). The highest BCUT2D eigenvalue weighted by atomic mass is 15.3. The minimum atomic E-state index is 0.918. The van der Waals surface area contributed by atoms with Crippen LogP contribution in [-0.4, -0.2) is 24.5 Å². The van der Waals surface area contributed by atoms with Gasteiger partial charge in [-0.05, 0) is 144 Å². The molecule has 3 heterocycles. The summed E-state index contributed by atoms with van der Waals surface area (Å²) in [5, 5.41) is 9.62. The first-order valence-corrected chi connectivity index (χ1v) is 25.6. The van der Waals surface area contributed by atoms with Crippen molar-refractivity contribution in [2.45, 2.75) is 0 Å². The highest BCUT2D eigenvalue weighted by molar-refractivity contribution is 5.94. The molecule has 358 valence electrons. The molecule has 0 radical (unpaired) electrons. The summed E-state index contributed by atoms with van der Waals surface area (Å²) in [4.78, 5) is 5.13. The van der Waals surface area contributed by atoms with E-state index in [4.69, 9.17) is 15.2 Å². The molecule has 76 heavy (non-hydrogen) atoms. The molecule has 0 aliphatic rings. The van der Waals surface area contributed by atoms with E-state index in [-0.39, 0.29) is 0 Å². The first-order chi connectivity index (χ1) is 37.6. The second kappa shape index (κ2) is 20.3. The number of hydrogen-bond acceptors (Lipinski definition) is 3. The average Bonchev–Trinajstić information content (AvgIpc) is 4.22. The maximum absolute atomic E-state index is 5.13. The molecular weight excluding hydrogens is 923 g/mol. The molecule has 0 aliphatic carbocycles. The van der Waals surface area contributed by atoms with Crippen molar-refractivity contribution in [1.29, 1.82) is 0 Å². The topological polar surface area (TPSA) is 48.5 Å². The predicted molar refractivity (Wildman–Crippen MR) is 313 cm³/mol. The van der Waals surface area contributed by atoms with Crippen molar-refractivity contribution in [2.24, 2.45) is 0 Å². The predicted octanol–water partition coefficient (Wildman–Crippen LogP) is 18.1. The van der Waals surface area contributed by atoms with Crippen molar-refractivity contribution < 1.29 is 0 Å². The lowest BCUT2D eigenvalue weighted by Gasteiger charge is -2.17. The maximum atomic E-state index is 5.13. The van der Waals surface area contributed by atoms with Gasteiger partial charge in [0.05, 0.1) is 29.5 Å². The third-order valence-corrected chi connectivity index (χ3v) is 14.2. The van der Waals surface area contributed by atoms with Gasteiger partial charge in [-0.15, -0.1) is 0 Å². The van der Waals surface area contributed by atoms with Gasteiger partial charge in [0.2, 0.25) is 0 Å². The number of hydrogen-bond donors (Lipinski definition) is 0. The van der Waals surface area contributed by atoms with Gasteiger partial charge >= 0.3 is 0 Å². The Hall–Kier alpha value is -10.2. The van der Waals surface area contributed by atoms with Crippen LogP contribution in [0.2, 0.25) is 0 Å². The molecule has 5 nitrogen and oxygen atoms in total. The summed E-state index contributed by atoms with van der Waals surface area (Å²) >= 11 is 0. The van der Waals surface area contributed by atoms with E-state index < -0.39 is 0 Å². The van der Waals surface area contributed by atoms with Crippen molar-refractivity contribution in [2.75, 3.05) is 0 Å². The first-order valence-electron chi connectivity index (χ1n) is 25.6. The molecule has 0 atom stereocenters. The van der Waals surface area contributed by atoms with Crippen molar-refractivity contribution >= 4 is 0 Å². The third-order valence-electron chi connectivity index (χ3n) is 14.2. The zero-order valence-corrected chi connectivity index (χ0v) is 41.5. The van der Waals surface area contributed by atoms with Gasteiger partial charge in [-0.3, -0.25) is 4.98 Å². The van der Waals surface area contributed by atoms with Crippen LogP contribution < -0.4 is 0 Å². The summed E-state index contributed by atoms with van der Waals surface area (Å²) in [5.41, 5.74) is 24.2. The summed E-state index contributed by atoms with van der Waals surface area (Å²) in [6.45, 7) is 0. The molecule has 0 saturated carbocycles. The number of pyridine rings is 1. The van der Waals surface area contributed by atoms with Gasteiger partial charge in [0, 0.05) is 40.8 Å². The Morgan fingerprint density at radius 2 is 0.526 bits per heavy atom. The minimum absolute atomic E-state index is 0.918. The molecule has 0 amide bonds. The Morgan fingerprint density at radius 3 is 0.947 bits per heavy atom. The number of para-hydroxylation sites is 2. The Bertz CT molecular complexity index is 4000. The molecule has 0 N–H and O–H groups in total. The fraction of sp³-hybridized carbons (Fsp3) is 0. The molecule has 3 aromatic heterocycles. The Labute approximate surface area is 443 Å². The van der Waals surface area contributed by atoms with E-state index in [1.807, 2.05) is 64.4 Å². The molecule has 0 fully saturated rings. The van der Waals surface area contributed by atoms with Crippen LogP contribution in [0.15, 0.2) is 298 Å². The monoisotopic (exact) mass is 971 g/mol. The molecular formula is C71H49N5. The van der Waals surface area contributed by atoms with Crippen LogP contribution in [0.25, 0.3) is 123 Å². The Kier molecular flexibility index (Phi) is 12.2. The van der Waals surface area contributed by atoms with Crippen LogP contribution in [0.1, 0.15) is 0 Å². The highest BCUT2D eigenvalue weighted by Crippen LogP contribution is 2.43. The van der Waals surface area contributed by atoms with Gasteiger partial charge in [0.15, 0.2) is 0 Å². The van der Waals surface area contributed by atoms with E-state index in [9.17, 15) is 0 Å². The molecule has 5 heteroatoms. The normalized spacial score (nSPS) is 11.2. The second-order valence-electron chi connectivity index (χ2n) is 19.0. The van der Waals surface area contributed by atoms with Crippen LogP contribution in [0.4, 0.5) is 0 Å². The van der Waals surface area contributed by atoms with Crippen LogP contribution >= 0.6 is 0 Å². The fourth-order valence-corrected chi connectivity index (χ4v) is 10.4. The van der Waals surface area contributed by atoms with Gasteiger partial charge in [-0.2, -0.15) is 10.2 Å². The van der Waals surface area contributed by atoms with Crippen molar-refractivity contribution in [3.63, 3.8) is 0 Å². The summed E-state index contributed by atoms with van der Waals surface area (Å²) in [7, 11) is 0. The molecule has 10 aromatic carbocycles. The highest BCUT2D eigenvalue weighted by Gasteiger charge is 2.18. The summed E-state index contributed by atoms with van der Waals surface area (Å²) in [6, 6.07) is 94.7. The van der Waals surface area contributed by atoms with Crippen molar-refractivity contribution in [1.82, 2.24) is 24.5 Å². The van der Waals surface area contributed by atoms with E-state index in [1.54, 1.807) is 0 Å². The van der Waals surface area contributed by atoms with Crippen LogP contribution in [0, 0.1) is 0 Å². The zero-order chi connectivity index (χ0) is 50.6. The Balaban J connectivity index is 0.856. The van der Waals surface area contributed by atoms with E-state index in [0.717, 1.165) is 101 Å². The number of aromatic nitrogens is 5. The van der Waals surface area contributed by atoms with Gasteiger partial charge < -0.3 is 0 Å². The minimum Gasteiger partial charge on any atom is -0.256 e. The van der Waals surface area contributed by atoms with Crippen LogP contribution in [0.5, 0.6) is 0 Å².